The van der Waals surface area contributed by atoms with E-state index in [1.54, 1.807) is 17.6 Å². The number of amides is 1. The second-order valence-corrected chi connectivity index (χ2v) is 9.78. The first kappa shape index (κ1) is 27.4. The number of halogens is 3. The summed E-state index contributed by atoms with van der Waals surface area (Å²) in [7, 11) is 0. The molecule has 0 radical (unpaired) electrons. The Morgan fingerprint density at radius 3 is 2.55 bits per heavy atom. The van der Waals surface area contributed by atoms with Crippen LogP contribution in [0.3, 0.4) is 0 Å². The first-order chi connectivity index (χ1) is 19.3. The first-order valence-corrected chi connectivity index (χ1v) is 13.1. The highest BCUT2D eigenvalue weighted by molar-refractivity contribution is 5.90. The number of alkyl halides is 3. The number of benzene rings is 3. The molecular formula is C31H29F3N4O2. The van der Waals surface area contributed by atoms with Crippen molar-refractivity contribution in [2.75, 3.05) is 13.1 Å². The molecule has 1 aliphatic heterocycles. The maximum atomic E-state index is 13.3. The van der Waals surface area contributed by atoms with Gasteiger partial charge in [0.15, 0.2) is 0 Å². The third-order valence-corrected chi connectivity index (χ3v) is 7.17. The molecule has 6 nitrogen and oxygen atoms in total. The maximum absolute atomic E-state index is 13.3. The summed E-state index contributed by atoms with van der Waals surface area (Å²) >= 11 is 0. The molecule has 0 bridgehead atoms. The van der Waals surface area contributed by atoms with Crippen LogP contribution in [0.15, 0.2) is 91.1 Å². The van der Waals surface area contributed by atoms with Crippen molar-refractivity contribution in [3.63, 3.8) is 0 Å². The van der Waals surface area contributed by atoms with Crippen LogP contribution in [0.1, 0.15) is 41.1 Å². The molecule has 1 atom stereocenters. The van der Waals surface area contributed by atoms with Crippen LogP contribution in [-0.2, 0) is 17.4 Å². The Balaban J connectivity index is 1.36. The Bertz CT molecular complexity index is 1480. The van der Waals surface area contributed by atoms with E-state index >= 15 is 0 Å². The lowest BCUT2D eigenvalue weighted by Crippen LogP contribution is -2.25. The molecule has 3 aromatic carbocycles. The van der Waals surface area contributed by atoms with E-state index < -0.39 is 17.6 Å². The third kappa shape index (κ3) is 6.32. The van der Waals surface area contributed by atoms with Crippen molar-refractivity contribution in [3.8, 4) is 16.9 Å². The van der Waals surface area contributed by atoms with Crippen molar-refractivity contribution < 1.29 is 23.2 Å². The largest absolute Gasteiger partial charge is 0.416 e. The predicted molar refractivity (Wildman–Crippen MR) is 147 cm³/mol. The van der Waals surface area contributed by atoms with E-state index in [2.05, 4.69) is 17.0 Å². The lowest BCUT2D eigenvalue weighted by atomic mass is 10.0. The highest BCUT2D eigenvalue weighted by Gasteiger charge is 2.31. The van der Waals surface area contributed by atoms with Crippen LogP contribution in [0.2, 0.25) is 0 Å². The molecule has 0 spiro atoms. The van der Waals surface area contributed by atoms with Gasteiger partial charge < -0.3 is 0 Å². The van der Waals surface area contributed by atoms with Gasteiger partial charge in [-0.05, 0) is 66.8 Å². The molecule has 1 saturated heterocycles. The van der Waals surface area contributed by atoms with E-state index in [0.29, 0.717) is 12.1 Å². The van der Waals surface area contributed by atoms with Gasteiger partial charge in [-0.1, -0.05) is 60.7 Å². The topological polar surface area (TPSA) is 70.4 Å². The van der Waals surface area contributed by atoms with Gasteiger partial charge in [0.1, 0.15) is 0 Å². The smallest absolute Gasteiger partial charge is 0.296 e. The Morgan fingerprint density at radius 1 is 1.05 bits per heavy atom. The van der Waals surface area contributed by atoms with Crippen molar-refractivity contribution in [1.82, 2.24) is 20.2 Å². The van der Waals surface area contributed by atoms with Crippen molar-refractivity contribution in [1.29, 1.82) is 0 Å². The Kier molecular flexibility index (Phi) is 8.14. The van der Waals surface area contributed by atoms with Gasteiger partial charge in [-0.25, -0.2) is 10.2 Å². The van der Waals surface area contributed by atoms with Crippen LogP contribution < -0.4 is 5.48 Å². The molecule has 1 fully saturated rings. The molecule has 0 saturated carbocycles. The number of aromatic nitrogens is 2. The summed E-state index contributed by atoms with van der Waals surface area (Å²) in [6.45, 7) is 1.72. The zero-order valence-corrected chi connectivity index (χ0v) is 21.7. The summed E-state index contributed by atoms with van der Waals surface area (Å²) in [6, 6.07) is 23.2. The molecule has 40 heavy (non-hydrogen) atoms. The van der Waals surface area contributed by atoms with Gasteiger partial charge in [-0.2, -0.15) is 18.3 Å². The van der Waals surface area contributed by atoms with Crippen LogP contribution in [0.4, 0.5) is 13.2 Å². The van der Waals surface area contributed by atoms with Gasteiger partial charge in [0.2, 0.25) is 0 Å². The second-order valence-electron chi connectivity index (χ2n) is 9.78. The monoisotopic (exact) mass is 546 g/mol. The van der Waals surface area contributed by atoms with E-state index in [1.807, 2.05) is 48.7 Å². The number of nitrogens with zero attached hydrogens (tertiary/aromatic N) is 3. The van der Waals surface area contributed by atoms with Gasteiger partial charge in [0.25, 0.3) is 5.91 Å². The number of rotatable bonds is 8. The van der Waals surface area contributed by atoms with Crippen LogP contribution in [0.5, 0.6) is 0 Å². The Labute approximate surface area is 230 Å². The van der Waals surface area contributed by atoms with Crippen LogP contribution in [0, 0.1) is 0 Å². The SMILES string of the molecule is O=C(/C=C/c1ccc(C2CCCN2CCc2cn(-c3cccc(C(F)(F)F)c3)nc2-c2ccccc2)cc1)NO. The summed E-state index contributed by atoms with van der Waals surface area (Å²) in [5, 5.41) is 13.4. The number of hydroxylamine groups is 1. The highest BCUT2D eigenvalue weighted by atomic mass is 19.4. The zero-order chi connectivity index (χ0) is 28.1. The van der Waals surface area contributed by atoms with Gasteiger partial charge in [0, 0.05) is 30.4 Å². The summed E-state index contributed by atoms with van der Waals surface area (Å²) in [6.07, 6.45) is 3.09. The Morgan fingerprint density at radius 2 is 1.82 bits per heavy atom. The lowest BCUT2D eigenvalue weighted by Gasteiger charge is -2.25. The fraction of sp³-hybridized carbons (Fsp3) is 0.226. The molecule has 9 heteroatoms. The quantitative estimate of drug-likeness (QED) is 0.151. The maximum Gasteiger partial charge on any atom is 0.416 e. The van der Waals surface area contributed by atoms with E-state index in [4.69, 9.17) is 10.3 Å². The summed E-state index contributed by atoms with van der Waals surface area (Å²) in [5.41, 5.74) is 5.92. The normalized spacial score (nSPS) is 16.1. The lowest BCUT2D eigenvalue weighted by molar-refractivity contribution is -0.137. The summed E-state index contributed by atoms with van der Waals surface area (Å²) < 4.78 is 41.6. The molecule has 206 valence electrons. The molecule has 1 amide bonds. The second kappa shape index (κ2) is 11.9. The number of carbonyl (C=O) groups is 1. The average molecular weight is 547 g/mol. The summed E-state index contributed by atoms with van der Waals surface area (Å²) in [4.78, 5) is 13.7. The number of nitrogens with one attached hydrogen (secondary N) is 1. The fourth-order valence-electron chi connectivity index (χ4n) is 5.16. The van der Waals surface area contributed by atoms with E-state index in [-0.39, 0.29) is 6.04 Å². The van der Waals surface area contributed by atoms with E-state index in [1.165, 1.54) is 22.4 Å². The van der Waals surface area contributed by atoms with E-state index in [9.17, 15) is 18.0 Å². The van der Waals surface area contributed by atoms with Crippen molar-refractivity contribution >= 4 is 12.0 Å². The molecule has 2 N–H and O–H groups in total. The number of hydrogen-bond acceptors (Lipinski definition) is 4. The fourth-order valence-corrected chi connectivity index (χ4v) is 5.16. The van der Waals surface area contributed by atoms with Crippen molar-refractivity contribution in [2.24, 2.45) is 0 Å². The van der Waals surface area contributed by atoms with Gasteiger partial charge >= 0.3 is 6.18 Å². The third-order valence-electron chi connectivity index (χ3n) is 7.17. The van der Waals surface area contributed by atoms with Gasteiger partial charge in [-0.15, -0.1) is 0 Å². The minimum absolute atomic E-state index is 0.248. The highest BCUT2D eigenvalue weighted by Crippen LogP contribution is 2.34. The molecule has 1 unspecified atom stereocenters. The van der Waals surface area contributed by atoms with Crippen molar-refractivity contribution in [3.05, 3.63) is 113 Å². The summed E-state index contributed by atoms with van der Waals surface area (Å²) in [5.74, 6) is -0.586. The van der Waals surface area contributed by atoms with Crippen LogP contribution in [-0.4, -0.2) is 38.9 Å². The molecular weight excluding hydrogens is 517 g/mol. The van der Waals surface area contributed by atoms with Crippen LogP contribution in [0.25, 0.3) is 23.0 Å². The first-order valence-electron chi connectivity index (χ1n) is 13.1. The molecule has 5 rings (SSSR count). The van der Waals surface area contributed by atoms with Crippen LogP contribution >= 0.6 is 0 Å². The zero-order valence-electron chi connectivity index (χ0n) is 21.7. The van der Waals surface area contributed by atoms with E-state index in [0.717, 1.165) is 60.4 Å². The van der Waals surface area contributed by atoms with Crippen molar-refractivity contribution in [2.45, 2.75) is 31.5 Å². The molecule has 2 heterocycles. The van der Waals surface area contributed by atoms with Gasteiger partial charge in [-0.3, -0.25) is 14.9 Å². The van der Waals surface area contributed by atoms with Gasteiger partial charge in [0.05, 0.1) is 16.9 Å². The molecule has 1 aromatic heterocycles. The number of carbonyl (C=O) groups excluding carboxylic acids is 1. The minimum atomic E-state index is -4.43. The number of likely N-dealkylation sites (tertiary alicyclic amines) is 1. The molecule has 0 aliphatic carbocycles. The minimum Gasteiger partial charge on any atom is -0.296 e. The predicted octanol–water partition coefficient (Wildman–Crippen LogP) is 6.46. The standard InChI is InChI=1S/C31H29F3N4O2/c32-31(33,34)26-8-4-9-27(20-26)38-21-25(30(35-38)24-6-2-1-3-7-24)17-19-37-18-5-10-28(37)23-14-11-22(12-15-23)13-16-29(39)36-40/h1-4,6-9,11-16,20-21,28,40H,5,10,17-19H2,(H,36,39)/b16-13+. The number of hydrogen-bond donors (Lipinski definition) is 2. The molecule has 1 aliphatic rings. The Hall–Kier alpha value is -4.21. The average Bonchev–Trinajstić information content (AvgIpc) is 3.62. The molecule has 4 aromatic rings.